The van der Waals surface area contributed by atoms with Crippen molar-refractivity contribution in [3.63, 3.8) is 0 Å². The minimum absolute atomic E-state index is 0.0347. The van der Waals surface area contributed by atoms with Gasteiger partial charge >= 0.3 is 0 Å². The minimum atomic E-state index is -3.63. The van der Waals surface area contributed by atoms with Gasteiger partial charge in [-0.25, -0.2) is 31.5 Å². The average Bonchev–Trinajstić information content (AvgIpc) is 3.21. The highest BCUT2D eigenvalue weighted by Gasteiger charge is 2.18. The van der Waals surface area contributed by atoms with E-state index in [0.717, 1.165) is 15.3 Å². The summed E-state index contributed by atoms with van der Waals surface area (Å²) in [5.41, 5.74) is 2.75. The Hall–Kier alpha value is -3.90. The number of hydrogen-bond donors (Lipinski definition) is 1. The molecule has 0 aliphatic rings. The molecule has 0 saturated carbocycles. The first-order valence-corrected chi connectivity index (χ1v) is 10.7. The molecule has 0 spiro atoms. The quantitative estimate of drug-likeness (QED) is 0.484. The van der Waals surface area contributed by atoms with Crippen molar-refractivity contribution < 1.29 is 17.6 Å². The molecule has 0 radical (unpaired) electrons. The molecule has 0 aliphatic heterocycles. The lowest BCUT2D eigenvalue weighted by Crippen LogP contribution is -2.33. The first-order chi connectivity index (χ1) is 15.2. The maximum atomic E-state index is 13.2. The first-order valence-electron chi connectivity index (χ1n) is 9.24. The zero-order chi connectivity index (χ0) is 23.0. The normalized spacial score (nSPS) is 11.8. The van der Waals surface area contributed by atoms with Crippen LogP contribution in [0.5, 0.6) is 0 Å². The molecule has 0 fully saturated rings. The highest BCUT2D eigenvalue weighted by molar-refractivity contribution is 7.89. The van der Waals surface area contributed by atoms with Crippen LogP contribution in [0, 0.1) is 5.82 Å². The van der Waals surface area contributed by atoms with Crippen LogP contribution in [-0.2, 0) is 10.0 Å². The zero-order valence-electron chi connectivity index (χ0n) is 16.9. The van der Waals surface area contributed by atoms with E-state index in [0.29, 0.717) is 5.69 Å². The van der Waals surface area contributed by atoms with Crippen LogP contribution in [0.15, 0.2) is 70.7 Å². The van der Waals surface area contributed by atoms with Crippen LogP contribution in [0.25, 0.3) is 16.7 Å². The Labute approximate surface area is 181 Å². The van der Waals surface area contributed by atoms with Gasteiger partial charge in [0.1, 0.15) is 17.5 Å². The Morgan fingerprint density at radius 3 is 2.34 bits per heavy atom. The molecular formula is C20H17FN6O4S. The fraction of sp³-hybridized carbons (Fsp3) is 0.100. The van der Waals surface area contributed by atoms with E-state index in [-0.39, 0.29) is 21.5 Å². The molecule has 4 rings (SSSR count). The van der Waals surface area contributed by atoms with Crippen molar-refractivity contribution in [2.45, 2.75) is 4.90 Å². The fourth-order valence-corrected chi connectivity index (χ4v) is 3.83. The molecule has 2 aromatic heterocycles. The van der Waals surface area contributed by atoms with E-state index in [9.17, 15) is 22.4 Å². The summed E-state index contributed by atoms with van der Waals surface area (Å²) in [4.78, 5) is 29.5. The molecule has 1 N–H and O–H groups in total. The molecule has 2 heterocycles. The van der Waals surface area contributed by atoms with Crippen molar-refractivity contribution in [3.8, 4) is 5.69 Å². The van der Waals surface area contributed by atoms with Crippen LogP contribution in [-0.4, -0.2) is 52.2 Å². The molecule has 0 saturated heterocycles. The number of hydrogen-bond acceptors (Lipinski definition) is 6. The Balaban J connectivity index is 1.61. The zero-order valence-corrected chi connectivity index (χ0v) is 17.7. The van der Waals surface area contributed by atoms with Gasteiger partial charge in [0.05, 0.1) is 16.8 Å². The third-order valence-corrected chi connectivity index (χ3v) is 6.51. The lowest BCUT2D eigenvalue weighted by atomic mass is 10.2. The topological polar surface area (TPSA) is 119 Å². The predicted octanol–water partition coefficient (Wildman–Crippen LogP) is 1.36. The van der Waals surface area contributed by atoms with Gasteiger partial charge in [0, 0.05) is 19.7 Å². The smallest absolute Gasteiger partial charge is 0.267 e. The number of nitrogens with zero attached hydrogens (tertiary/aromatic N) is 5. The molecule has 0 aliphatic carbocycles. The molecule has 32 heavy (non-hydrogen) atoms. The number of fused-ring (bicyclic) bond motifs is 1. The number of carbonyl (C=O) groups is 1. The molecule has 4 aromatic rings. The van der Waals surface area contributed by atoms with E-state index in [1.807, 2.05) is 0 Å². The van der Waals surface area contributed by atoms with Crippen LogP contribution < -0.4 is 11.0 Å². The summed E-state index contributed by atoms with van der Waals surface area (Å²) in [6.07, 6.45) is 2.44. The molecule has 2 aromatic carbocycles. The third kappa shape index (κ3) is 3.76. The van der Waals surface area contributed by atoms with Gasteiger partial charge in [-0.15, -0.1) is 0 Å². The van der Waals surface area contributed by atoms with Crippen molar-refractivity contribution in [2.24, 2.45) is 0 Å². The maximum Gasteiger partial charge on any atom is 0.283 e. The second-order valence-electron chi connectivity index (χ2n) is 6.94. The Bertz CT molecular complexity index is 1480. The lowest BCUT2D eigenvalue weighted by Gasteiger charge is -2.12. The highest BCUT2D eigenvalue weighted by atomic mass is 32.2. The van der Waals surface area contributed by atoms with E-state index in [1.54, 1.807) is 0 Å². The molecule has 1 amide bonds. The second kappa shape index (κ2) is 7.98. The van der Waals surface area contributed by atoms with Crippen LogP contribution in [0.2, 0.25) is 0 Å². The molecule has 164 valence electrons. The highest BCUT2D eigenvalue weighted by Crippen LogP contribution is 2.15. The van der Waals surface area contributed by atoms with Crippen LogP contribution in [0.4, 0.5) is 4.39 Å². The largest absolute Gasteiger partial charge is 0.283 e. The van der Waals surface area contributed by atoms with E-state index in [4.69, 9.17) is 0 Å². The van der Waals surface area contributed by atoms with E-state index in [1.165, 1.54) is 73.5 Å². The number of rotatable bonds is 5. The Kier molecular flexibility index (Phi) is 5.32. The number of aromatic nitrogens is 4. The standard InChI is InChI=1S/C20H17FN6O4S/c1-25(2)32(30,31)16-9-3-13(4-10-16)19(28)24-26-12-22-18-17(20(26)29)11-23-27(18)15-7-5-14(21)6-8-15/h3-12H,1-2H3,(H,24,28). The number of sulfonamides is 1. The number of carbonyl (C=O) groups excluding carboxylic acids is 1. The summed E-state index contributed by atoms with van der Waals surface area (Å²) in [7, 11) is -0.813. The molecule has 12 heteroatoms. The van der Waals surface area contributed by atoms with E-state index in [2.05, 4.69) is 15.5 Å². The van der Waals surface area contributed by atoms with E-state index < -0.39 is 27.3 Å². The van der Waals surface area contributed by atoms with Crippen LogP contribution in [0.3, 0.4) is 0 Å². The van der Waals surface area contributed by atoms with Crippen molar-refractivity contribution in [3.05, 3.63) is 82.8 Å². The van der Waals surface area contributed by atoms with Gasteiger partial charge in [-0.3, -0.25) is 15.0 Å². The predicted molar refractivity (Wildman–Crippen MR) is 114 cm³/mol. The van der Waals surface area contributed by atoms with Gasteiger partial charge in [0.25, 0.3) is 11.5 Å². The van der Waals surface area contributed by atoms with E-state index >= 15 is 0 Å². The monoisotopic (exact) mass is 456 g/mol. The second-order valence-corrected chi connectivity index (χ2v) is 9.09. The van der Waals surface area contributed by atoms with Crippen molar-refractivity contribution >= 4 is 27.0 Å². The third-order valence-electron chi connectivity index (χ3n) is 4.68. The van der Waals surface area contributed by atoms with Gasteiger partial charge in [-0.2, -0.15) is 5.10 Å². The van der Waals surface area contributed by atoms with Crippen molar-refractivity contribution in [2.75, 3.05) is 19.5 Å². The Morgan fingerprint density at radius 1 is 1.06 bits per heavy atom. The van der Waals surface area contributed by atoms with Gasteiger partial charge in [-0.1, -0.05) is 0 Å². The Morgan fingerprint density at radius 2 is 1.72 bits per heavy atom. The lowest BCUT2D eigenvalue weighted by molar-refractivity contribution is 0.101. The molecule has 0 bridgehead atoms. The number of benzene rings is 2. The summed E-state index contributed by atoms with van der Waals surface area (Å²) in [5.74, 6) is -1.04. The summed E-state index contributed by atoms with van der Waals surface area (Å²) >= 11 is 0. The maximum absolute atomic E-state index is 13.2. The first kappa shape index (κ1) is 21.3. The molecule has 0 unspecified atom stereocenters. The van der Waals surface area contributed by atoms with Gasteiger partial charge in [0.2, 0.25) is 10.0 Å². The number of nitrogens with one attached hydrogen (secondary N) is 1. The summed E-state index contributed by atoms with van der Waals surface area (Å²) in [6, 6.07) is 10.8. The van der Waals surface area contributed by atoms with Crippen LogP contribution in [0.1, 0.15) is 10.4 Å². The van der Waals surface area contributed by atoms with Gasteiger partial charge in [0.15, 0.2) is 5.65 Å². The van der Waals surface area contributed by atoms with Crippen molar-refractivity contribution in [1.82, 2.24) is 23.7 Å². The van der Waals surface area contributed by atoms with Crippen LogP contribution >= 0.6 is 0 Å². The van der Waals surface area contributed by atoms with Gasteiger partial charge in [-0.05, 0) is 48.5 Å². The average molecular weight is 456 g/mol. The SMILES string of the molecule is CN(C)S(=O)(=O)c1ccc(C(=O)Nn2cnc3c(cnn3-c3ccc(F)cc3)c2=O)cc1. The van der Waals surface area contributed by atoms with Gasteiger partial charge < -0.3 is 0 Å². The molecule has 0 atom stereocenters. The summed E-state index contributed by atoms with van der Waals surface area (Å²) in [6.45, 7) is 0. The summed E-state index contributed by atoms with van der Waals surface area (Å²) in [5, 5.41) is 4.27. The minimum Gasteiger partial charge on any atom is -0.267 e. The number of halogens is 1. The molecule has 10 nitrogen and oxygen atoms in total. The molecular weight excluding hydrogens is 439 g/mol. The fourth-order valence-electron chi connectivity index (χ4n) is 2.93. The summed E-state index contributed by atoms with van der Waals surface area (Å²) < 4.78 is 40.8. The van der Waals surface area contributed by atoms with Crippen molar-refractivity contribution in [1.29, 1.82) is 0 Å². The number of amides is 1.